The number of aromatic hydroxyl groups is 1. The third kappa shape index (κ3) is 15.9. The predicted octanol–water partition coefficient (Wildman–Crippen LogP) is 7.34. The maximum atomic E-state index is 14.6. The molecule has 3 N–H and O–H groups in total. The van der Waals surface area contributed by atoms with Gasteiger partial charge in [0.2, 0.25) is 11.8 Å². The third-order valence-electron chi connectivity index (χ3n) is 7.67. The predicted molar refractivity (Wildman–Crippen MR) is 200 cm³/mol. The Morgan fingerprint density at radius 2 is 1.46 bits per heavy atom. The van der Waals surface area contributed by atoms with Gasteiger partial charge < -0.3 is 30.1 Å². The van der Waals surface area contributed by atoms with Gasteiger partial charge in [-0.15, -0.1) is 0 Å². The molecule has 0 heterocycles. The lowest BCUT2D eigenvalue weighted by Crippen LogP contribution is -2.55. The molecule has 0 aliphatic carbocycles. The van der Waals surface area contributed by atoms with Crippen molar-refractivity contribution in [3.63, 3.8) is 0 Å². The van der Waals surface area contributed by atoms with Crippen molar-refractivity contribution in [2.24, 2.45) is 0 Å². The van der Waals surface area contributed by atoms with Crippen molar-refractivity contribution in [2.45, 2.75) is 129 Å². The summed E-state index contributed by atoms with van der Waals surface area (Å²) in [6.45, 7) is 12.9. The summed E-state index contributed by atoms with van der Waals surface area (Å²) in [5.74, 6) is -1.19. The molecule has 0 bridgehead atoms. The van der Waals surface area contributed by atoms with E-state index in [-0.39, 0.29) is 18.7 Å². The molecule has 0 saturated heterocycles. The number of alkyl carbamates (subject to hydrolysis) is 1. The van der Waals surface area contributed by atoms with Gasteiger partial charge in [-0.2, -0.15) is 11.8 Å². The second-order valence-corrected chi connectivity index (χ2v) is 15.5. The van der Waals surface area contributed by atoms with E-state index in [0.29, 0.717) is 24.2 Å². The zero-order valence-corrected chi connectivity index (χ0v) is 32.1. The van der Waals surface area contributed by atoms with Crippen LogP contribution in [0.1, 0.15) is 111 Å². The molecule has 2 aromatic carbocycles. The summed E-state index contributed by atoms with van der Waals surface area (Å²) in [5, 5.41) is 16.2. The number of nitrogens with one attached hydrogen (secondary N) is 2. The molecule has 2 rings (SSSR count). The summed E-state index contributed by atoms with van der Waals surface area (Å²) in [5.41, 5.74) is -0.407. The van der Waals surface area contributed by atoms with Gasteiger partial charge in [0.25, 0.3) is 0 Å². The number of hydrogen-bond donors (Lipinski definition) is 3. The highest BCUT2D eigenvalue weighted by molar-refractivity contribution is 7.98. The van der Waals surface area contributed by atoms with E-state index in [1.54, 1.807) is 53.7 Å². The van der Waals surface area contributed by atoms with Crippen molar-refractivity contribution in [3.05, 3.63) is 65.7 Å². The normalized spacial score (nSPS) is 13.4. The van der Waals surface area contributed by atoms with Gasteiger partial charge in [-0.3, -0.25) is 9.59 Å². The zero-order valence-electron chi connectivity index (χ0n) is 31.3. The van der Waals surface area contributed by atoms with Gasteiger partial charge >= 0.3 is 12.1 Å². The lowest BCUT2D eigenvalue weighted by Gasteiger charge is -2.35. The monoisotopic (exact) mass is 713 g/mol. The van der Waals surface area contributed by atoms with E-state index < -0.39 is 53.2 Å². The van der Waals surface area contributed by atoms with Crippen molar-refractivity contribution in [1.29, 1.82) is 0 Å². The highest BCUT2D eigenvalue weighted by Crippen LogP contribution is 2.27. The Labute approximate surface area is 303 Å². The van der Waals surface area contributed by atoms with Crippen molar-refractivity contribution in [2.75, 3.05) is 18.6 Å². The molecule has 3 atom stereocenters. The second-order valence-electron chi connectivity index (χ2n) is 14.6. The molecular formula is C39H59N3O7S. The Bertz CT molecular complexity index is 1360. The molecule has 2 aromatic rings. The molecule has 0 saturated carbocycles. The summed E-state index contributed by atoms with van der Waals surface area (Å²) in [7, 11) is 0. The summed E-state index contributed by atoms with van der Waals surface area (Å²) in [6, 6.07) is 12.2. The second kappa shape index (κ2) is 20.8. The highest BCUT2D eigenvalue weighted by Gasteiger charge is 2.38. The summed E-state index contributed by atoms with van der Waals surface area (Å²) >= 11 is 1.53. The lowest BCUT2D eigenvalue weighted by molar-refractivity contribution is -0.159. The van der Waals surface area contributed by atoms with E-state index in [9.17, 15) is 24.3 Å². The minimum absolute atomic E-state index is 0.0777. The van der Waals surface area contributed by atoms with Crippen LogP contribution in [0.25, 0.3) is 0 Å². The first-order valence-electron chi connectivity index (χ1n) is 17.7. The fourth-order valence-electron chi connectivity index (χ4n) is 5.41. The minimum Gasteiger partial charge on any atom is -0.508 e. The Morgan fingerprint density at radius 1 is 0.820 bits per heavy atom. The number of hydrogen-bond acceptors (Lipinski definition) is 8. The Balaban J connectivity index is 2.61. The molecule has 0 spiro atoms. The van der Waals surface area contributed by atoms with E-state index in [2.05, 4.69) is 17.6 Å². The van der Waals surface area contributed by atoms with Crippen LogP contribution in [0, 0.1) is 0 Å². The first-order chi connectivity index (χ1) is 23.5. The molecule has 0 aromatic heterocycles. The van der Waals surface area contributed by atoms with Crippen molar-refractivity contribution < 1.29 is 33.8 Å². The zero-order chi connectivity index (χ0) is 37.3. The number of unbranched alkanes of at least 4 members (excludes halogenated alkanes) is 5. The van der Waals surface area contributed by atoms with Gasteiger partial charge in [0.1, 0.15) is 35.1 Å². The topological polar surface area (TPSA) is 134 Å². The molecular weight excluding hydrogens is 655 g/mol. The number of amides is 3. The minimum atomic E-state index is -1.23. The average Bonchev–Trinajstić information content (AvgIpc) is 3.02. The number of carbonyl (C=O) groups is 4. The van der Waals surface area contributed by atoms with Crippen molar-refractivity contribution >= 4 is 35.6 Å². The lowest BCUT2D eigenvalue weighted by atomic mass is 9.99. The first kappa shape index (κ1) is 42.4. The number of phenols is 1. The van der Waals surface area contributed by atoms with Crippen molar-refractivity contribution in [3.8, 4) is 5.75 Å². The molecule has 0 aliphatic rings. The SMILES string of the molecule is CCCCCCCCN(C(=O)C(CCSC)NC(=O)OC(C)(C)C)C(C(=O)NC(Cc1ccccc1)C(=O)OC(C)(C)C)c1cccc(O)c1. The maximum absolute atomic E-state index is 14.6. The largest absolute Gasteiger partial charge is 0.508 e. The van der Waals surface area contributed by atoms with E-state index in [1.807, 2.05) is 36.6 Å². The molecule has 0 fully saturated rings. The third-order valence-corrected chi connectivity index (χ3v) is 8.32. The van der Waals surface area contributed by atoms with Crippen LogP contribution in [0.2, 0.25) is 0 Å². The fraction of sp³-hybridized carbons (Fsp3) is 0.590. The van der Waals surface area contributed by atoms with E-state index in [0.717, 1.165) is 37.7 Å². The number of nitrogens with zero attached hydrogens (tertiary/aromatic N) is 1. The van der Waals surface area contributed by atoms with Gasteiger partial charge in [0.05, 0.1) is 0 Å². The Morgan fingerprint density at radius 3 is 2.06 bits per heavy atom. The number of ether oxygens (including phenoxy) is 2. The quantitative estimate of drug-likeness (QED) is 0.102. The molecule has 0 radical (unpaired) electrons. The number of esters is 1. The van der Waals surface area contributed by atoms with Crippen LogP contribution in [0.4, 0.5) is 4.79 Å². The first-order valence-corrected chi connectivity index (χ1v) is 19.1. The molecule has 50 heavy (non-hydrogen) atoms. The van der Waals surface area contributed by atoms with Crippen LogP contribution in [0.15, 0.2) is 54.6 Å². The van der Waals surface area contributed by atoms with Gasteiger partial charge in [0.15, 0.2) is 0 Å². The smallest absolute Gasteiger partial charge is 0.408 e. The van der Waals surface area contributed by atoms with Crippen molar-refractivity contribution in [1.82, 2.24) is 15.5 Å². The molecule has 11 heteroatoms. The van der Waals surface area contributed by atoms with Gasteiger partial charge in [-0.05, 0) is 89.7 Å². The fourth-order valence-corrected chi connectivity index (χ4v) is 5.88. The maximum Gasteiger partial charge on any atom is 0.408 e. The number of phenolic OH excluding ortho intramolecular Hbond substituents is 1. The van der Waals surface area contributed by atoms with Crippen LogP contribution in [0.5, 0.6) is 5.75 Å². The number of thioether (sulfide) groups is 1. The van der Waals surface area contributed by atoms with E-state index >= 15 is 0 Å². The Hall–Kier alpha value is -3.73. The summed E-state index contributed by atoms with van der Waals surface area (Å²) < 4.78 is 11.2. The molecule has 3 unspecified atom stereocenters. The molecule has 10 nitrogen and oxygen atoms in total. The highest BCUT2D eigenvalue weighted by atomic mass is 32.2. The number of carbonyl (C=O) groups excluding carboxylic acids is 4. The van der Waals surface area contributed by atoms with Crippen LogP contribution in [-0.4, -0.2) is 75.7 Å². The standard InChI is InChI=1S/C39H59N3O7S/c1-9-10-11-12-13-17-24-42(35(45)31(23-25-50-8)41-37(47)49-39(5,6)7)33(29-21-18-22-30(43)27-29)34(44)40-32(36(46)48-38(2,3)4)26-28-19-15-14-16-20-28/h14-16,18-22,27,31-33,43H,9-13,17,23-26H2,1-8H3,(H,40,44)(H,41,47). The summed E-state index contributed by atoms with van der Waals surface area (Å²) in [4.78, 5) is 57.2. The van der Waals surface area contributed by atoms with Crippen LogP contribution in [0.3, 0.4) is 0 Å². The molecule has 278 valence electrons. The molecule has 3 amide bonds. The van der Waals surface area contributed by atoms with Gasteiger partial charge in [-0.25, -0.2) is 9.59 Å². The average molecular weight is 714 g/mol. The van der Waals surface area contributed by atoms with Gasteiger partial charge in [-0.1, -0.05) is 81.5 Å². The number of benzene rings is 2. The molecule has 0 aliphatic heterocycles. The van der Waals surface area contributed by atoms with Crippen LogP contribution >= 0.6 is 11.8 Å². The van der Waals surface area contributed by atoms with Crippen LogP contribution < -0.4 is 10.6 Å². The van der Waals surface area contributed by atoms with Crippen LogP contribution in [-0.2, 0) is 30.3 Å². The Kier molecular flexibility index (Phi) is 17.7. The van der Waals surface area contributed by atoms with E-state index in [1.165, 1.54) is 28.8 Å². The van der Waals surface area contributed by atoms with E-state index in [4.69, 9.17) is 9.47 Å². The number of rotatable bonds is 19. The van der Waals surface area contributed by atoms with Gasteiger partial charge in [0, 0.05) is 13.0 Å². The summed E-state index contributed by atoms with van der Waals surface area (Å²) in [6.07, 6.45) is 7.34.